The predicted molar refractivity (Wildman–Crippen MR) is 57.8 cm³/mol. The lowest BCUT2D eigenvalue weighted by atomic mass is 9.72. The van der Waals surface area contributed by atoms with Gasteiger partial charge in [-0.2, -0.15) is 0 Å². The van der Waals surface area contributed by atoms with Crippen LogP contribution in [0.2, 0.25) is 0 Å². The van der Waals surface area contributed by atoms with Crippen molar-refractivity contribution in [3.63, 3.8) is 0 Å². The third-order valence-electron chi connectivity index (χ3n) is 4.07. The Kier molecular flexibility index (Phi) is 2.98. The van der Waals surface area contributed by atoms with Gasteiger partial charge in [0.2, 0.25) is 0 Å². The van der Waals surface area contributed by atoms with Crippen molar-refractivity contribution in [2.24, 2.45) is 11.3 Å². The molecule has 15 heavy (non-hydrogen) atoms. The van der Waals surface area contributed by atoms with Crippen LogP contribution >= 0.6 is 0 Å². The second kappa shape index (κ2) is 4.10. The Hall–Kier alpha value is -0.610. The molecule has 2 aliphatic heterocycles. The van der Waals surface area contributed by atoms with Crippen LogP contribution < -0.4 is 5.32 Å². The van der Waals surface area contributed by atoms with Gasteiger partial charge in [-0.1, -0.05) is 0 Å². The first-order chi connectivity index (χ1) is 7.14. The smallest absolute Gasteiger partial charge is 0.308 e. The summed E-state index contributed by atoms with van der Waals surface area (Å²) in [6, 6.07) is 0. The molecule has 2 rings (SSSR count). The second-order valence-electron chi connectivity index (χ2n) is 5.04. The average Bonchev–Trinajstić information content (AvgIpc) is 2.50. The molecule has 0 saturated carbocycles. The summed E-state index contributed by atoms with van der Waals surface area (Å²) in [6.07, 6.45) is 3.21. The fourth-order valence-corrected chi connectivity index (χ4v) is 3.03. The molecule has 2 unspecified atom stereocenters. The number of nitrogens with zero attached hydrogens (tertiary/aromatic N) is 1. The predicted octanol–water partition coefficient (Wildman–Crippen LogP) is 0.393. The monoisotopic (exact) mass is 212 g/mol. The fraction of sp³-hybridized carbons (Fsp3) is 0.909. The van der Waals surface area contributed by atoms with Gasteiger partial charge in [0, 0.05) is 13.1 Å². The molecule has 2 saturated heterocycles. The van der Waals surface area contributed by atoms with Crippen molar-refractivity contribution in [3.8, 4) is 0 Å². The van der Waals surface area contributed by atoms with Crippen LogP contribution in [-0.2, 0) is 4.79 Å². The topological polar surface area (TPSA) is 52.6 Å². The van der Waals surface area contributed by atoms with Gasteiger partial charge in [0.15, 0.2) is 0 Å². The Morgan fingerprint density at radius 1 is 1.47 bits per heavy atom. The summed E-state index contributed by atoms with van der Waals surface area (Å²) in [5.41, 5.74) is 0.0244. The Balaban J connectivity index is 2.13. The molecule has 1 spiro atoms. The van der Waals surface area contributed by atoms with Crippen LogP contribution in [0, 0.1) is 11.3 Å². The minimum Gasteiger partial charge on any atom is -0.481 e. The van der Waals surface area contributed by atoms with Gasteiger partial charge in [-0.05, 0) is 44.8 Å². The Morgan fingerprint density at radius 3 is 3.00 bits per heavy atom. The Bertz CT molecular complexity index is 257. The minimum atomic E-state index is -0.621. The number of carboxylic acids is 1. The van der Waals surface area contributed by atoms with E-state index < -0.39 is 5.97 Å². The molecule has 0 aromatic rings. The summed E-state index contributed by atoms with van der Waals surface area (Å²) in [6.45, 7) is 3.68. The van der Waals surface area contributed by atoms with Gasteiger partial charge in [-0.15, -0.1) is 0 Å². The zero-order valence-electron chi connectivity index (χ0n) is 9.33. The number of aliphatic carboxylic acids is 1. The van der Waals surface area contributed by atoms with Crippen molar-refractivity contribution in [2.75, 3.05) is 33.2 Å². The summed E-state index contributed by atoms with van der Waals surface area (Å²) < 4.78 is 0. The van der Waals surface area contributed by atoms with E-state index in [2.05, 4.69) is 17.3 Å². The highest BCUT2D eigenvalue weighted by atomic mass is 16.4. The minimum absolute atomic E-state index is 0.0244. The number of carbonyl (C=O) groups is 1. The third-order valence-corrected chi connectivity index (χ3v) is 4.07. The first-order valence-electron chi connectivity index (χ1n) is 5.76. The molecule has 0 bridgehead atoms. The van der Waals surface area contributed by atoms with Gasteiger partial charge >= 0.3 is 5.97 Å². The van der Waals surface area contributed by atoms with E-state index in [4.69, 9.17) is 0 Å². The van der Waals surface area contributed by atoms with Gasteiger partial charge in [-0.25, -0.2) is 0 Å². The van der Waals surface area contributed by atoms with Crippen LogP contribution in [-0.4, -0.2) is 49.2 Å². The van der Waals surface area contributed by atoms with Crippen molar-refractivity contribution < 1.29 is 9.90 Å². The molecule has 0 aromatic carbocycles. The molecule has 4 heteroatoms. The quantitative estimate of drug-likeness (QED) is 0.660. The van der Waals surface area contributed by atoms with Gasteiger partial charge in [0.25, 0.3) is 0 Å². The van der Waals surface area contributed by atoms with Crippen molar-refractivity contribution >= 4 is 5.97 Å². The normalized spacial score (nSPS) is 38.1. The van der Waals surface area contributed by atoms with Crippen LogP contribution in [0.1, 0.15) is 19.3 Å². The molecule has 0 aliphatic carbocycles. The highest BCUT2D eigenvalue weighted by molar-refractivity contribution is 5.72. The van der Waals surface area contributed by atoms with E-state index >= 15 is 0 Å². The SMILES string of the molecule is CN1CCCC2(CC1)CNCC2C(=O)O. The molecule has 2 heterocycles. The number of hydrogen-bond acceptors (Lipinski definition) is 3. The average molecular weight is 212 g/mol. The number of likely N-dealkylation sites (tertiary alicyclic amines) is 1. The maximum absolute atomic E-state index is 11.2. The number of hydrogen-bond donors (Lipinski definition) is 2. The van der Waals surface area contributed by atoms with E-state index in [1.807, 2.05) is 0 Å². The lowest BCUT2D eigenvalue weighted by molar-refractivity contribution is -0.145. The molecule has 4 nitrogen and oxygen atoms in total. The maximum Gasteiger partial charge on any atom is 0.308 e. The van der Waals surface area contributed by atoms with Gasteiger partial charge in [-0.3, -0.25) is 4.79 Å². The van der Waals surface area contributed by atoms with E-state index in [0.717, 1.165) is 38.9 Å². The van der Waals surface area contributed by atoms with E-state index in [-0.39, 0.29) is 11.3 Å². The lowest BCUT2D eigenvalue weighted by Gasteiger charge is -2.31. The summed E-state index contributed by atoms with van der Waals surface area (Å²) in [7, 11) is 2.12. The van der Waals surface area contributed by atoms with Crippen molar-refractivity contribution in [1.82, 2.24) is 10.2 Å². The number of carboxylic acid groups (broad SMARTS) is 1. The molecular formula is C11H20N2O2. The molecule has 86 valence electrons. The summed E-state index contributed by atoms with van der Waals surface area (Å²) in [4.78, 5) is 13.5. The van der Waals surface area contributed by atoms with Crippen molar-refractivity contribution in [1.29, 1.82) is 0 Å². The summed E-state index contributed by atoms with van der Waals surface area (Å²) in [5.74, 6) is -0.798. The lowest BCUT2D eigenvalue weighted by Crippen LogP contribution is -2.35. The van der Waals surface area contributed by atoms with Crippen LogP contribution in [0.3, 0.4) is 0 Å². The largest absolute Gasteiger partial charge is 0.481 e. The third kappa shape index (κ3) is 2.01. The van der Waals surface area contributed by atoms with Gasteiger partial charge < -0.3 is 15.3 Å². The Morgan fingerprint density at radius 2 is 2.27 bits per heavy atom. The maximum atomic E-state index is 11.2. The van der Waals surface area contributed by atoms with E-state index in [1.165, 1.54) is 0 Å². The standard InChI is InChI=1S/C11H20N2O2/c1-13-5-2-3-11(4-6-13)8-12-7-9(11)10(14)15/h9,12H,2-8H2,1H3,(H,14,15). The van der Waals surface area contributed by atoms with Crippen molar-refractivity contribution in [3.05, 3.63) is 0 Å². The van der Waals surface area contributed by atoms with Crippen LogP contribution in [0.5, 0.6) is 0 Å². The first-order valence-corrected chi connectivity index (χ1v) is 5.76. The molecule has 0 amide bonds. The zero-order chi connectivity index (χ0) is 10.9. The highest BCUT2D eigenvalue weighted by Crippen LogP contribution is 2.41. The summed E-state index contributed by atoms with van der Waals surface area (Å²) in [5, 5.41) is 12.5. The van der Waals surface area contributed by atoms with Crippen LogP contribution in [0.25, 0.3) is 0 Å². The van der Waals surface area contributed by atoms with E-state index in [9.17, 15) is 9.90 Å². The molecule has 0 radical (unpaired) electrons. The van der Waals surface area contributed by atoms with Crippen LogP contribution in [0.4, 0.5) is 0 Å². The molecule has 2 N–H and O–H groups in total. The Labute approximate surface area is 90.6 Å². The summed E-state index contributed by atoms with van der Waals surface area (Å²) >= 11 is 0. The molecule has 2 fully saturated rings. The fourth-order valence-electron chi connectivity index (χ4n) is 3.03. The van der Waals surface area contributed by atoms with Crippen LogP contribution in [0.15, 0.2) is 0 Å². The van der Waals surface area contributed by atoms with Crippen molar-refractivity contribution in [2.45, 2.75) is 19.3 Å². The number of rotatable bonds is 1. The van der Waals surface area contributed by atoms with E-state index in [0.29, 0.717) is 6.54 Å². The molecule has 2 atom stereocenters. The number of nitrogens with one attached hydrogen (secondary N) is 1. The molecule has 2 aliphatic rings. The van der Waals surface area contributed by atoms with Gasteiger partial charge in [0.05, 0.1) is 5.92 Å². The second-order valence-corrected chi connectivity index (χ2v) is 5.04. The van der Waals surface area contributed by atoms with Gasteiger partial charge in [0.1, 0.15) is 0 Å². The molecule has 0 aromatic heterocycles. The zero-order valence-corrected chi connectivity index (χ0v) is 9.33. The van der Waals surface area contributed by atoms with E-state index in [1.54, 1.807) is 0 Å². The molecular weight excluding hydrogens is 192 g/mol. The highest BCUT2D eigenvalue weighted by Gasteiger charge is 2.46. The first kappa shape index (κ1) is 10.9.